The van der Waals surface area contributed by atoms with E-state index in [1.165, 1.54) is 0 Å². The Morgan fingerprint density at radius 3 is 2.53 bits per heavy atom. The van der Waals surface area contributed by atoms with Crippen LogP contribution in [0.4, 0.5) is 0 Å². The highest BCUT2D eigenvalue weighted by atomic mass is 32.2. The molecule has 2 rings (SSSR count). The Hall–Kier alpha value is -0.960. The van der Waals surface area contributed by atoms with Crippen molar-refractivity contribution in [3.05, 3.63) is 30.3 Å². The van der Waals surface area contributed by atoms with E-state index in [4.69, 9.17) is 0 Å². The minimum absolute atomic E-state index is 0.170. The van der Waals surface area contributed by atoms with Gasteiger partial charge in [0.25, 0.3) is 0 Å². The van der Waals surface area contributed by atoms with Crippen LogP contribution in [0.15, 0.2) is 35.2 Å². The summed E-state index contributed by atoms with van der Waals surface area (Å²) in [6.07, 6.45) is 3.36. The molecule has 1 aromatic carbocycles. The fourth-order valence-corrected chi connectivity index (χ4v) is 3.39. The van der Waals surface area contributed by atoms with E-state index in [1.807, 2.05) is 30.3 Å². The van der Waals surface area contributed by atoms with Crippen LogP contribution in [0, 0.1) is 0 Å². The number of Topliss-reactive ketones (excluding diaryl/α,β-unsaturated/α-hetero) is 1. The molecule has 0 aliphatic heterocycles. The highest BCUT2D eigenvalue weighted by Gasteiger charge is 2.28. The zero-order valence-corrected chi connectivity index (χ0v) is 9.33. The van der Waals surface area contributed by atoms with Crippen molar-refractivity contribution >= 4 is 16.6 Å². The fourth-order valence-electron chi connectivity index (χ4n) is 1.90. The molecule has 80 valence electrons. The van der Waals surface area contributed by atoms with Gasteiger partial charge >= 0.3 is 0 Å². The lowest BCUT2D eigenvalue weighted by molar-refractivity contribution is -0.119. The predicted molar refractivity (Wildman–Crippen MR) is 60.1 cm³/mol. The van der Waals surface area contributed by atoms with E-state index in [9.17, 15) is 9.00 Å². The van der Waals surface area contributed by atoms with Gasteiger partial charge < -0.3 is 0 Å². The molecule has 1 saturated carbocycles. The fraction of sp³-hybridized carbons (Fsp3) is 0.417. The van der Waals surface area contributed by atoms with Crippen LogP contribution in [-0.2, 0) is 15.6 Å². The first-order valence-corrected chi connectivity index (χ1v) is 6.48. The van der Waals surface area contributed by atoms with Gasteiger partial charge in [-0.3, -0.25) is 9.00 Å². The first-order valence-electron chi connectivity index (χ1n) is 5.27. The van der Waals surface area contributed by atoms with E-state index in [0.717, 1.165) is 24.2 Å². The highest BCUT2D eigenvalue weighted by molar-refractivity contribution is 7.86. The largest absolute Gasteiger partial charge is 0.298 e. The first kappa shape index (κ1) is 10.6. The molecule has 1 aromatic rings. The normalized spacial score (nSPS) is 23.7. The van der Waals surface area contributed by atoms with E-state index < -0.39 is 10.8 Å². The number of benzene rings is 1. The summed E-state index contributed by atoms with van der Waals surface area (Å²) in [7, 11) is -1.15. The second-order valence-corrected chi connectivity index (χ2v) is 5.45. The van der Waals surface area contributed by atoms with Crippen molar-refractivity contribution in [3.8, 4) is 0 Å². The van der Waals surface area contributed by atoms with Crippen molar-refractivity contribution in [2.24, 2.45) is 0 Å². The highest BCUT2D eigenvalue weighted by Crippen LogP contribution is 2.23. The average molecular weight is 222 g/mol. The molecule has 0 heterocycles. The van der Waals surface area contributed by atoms with Crippen LogP contribution in [0.25, 0.3) is 0 Å². The molecule has 1 aliphatic rings. The Labute approximate surface area is 92.2 Å². The lowest BCUT2D eigenvalue weighted by Crippen LogP contribution is -2.29. The van der Waals surface area contributed by atoms with Gasteiger partial charge in [-0.15, -0.1) is 0 Å². The van der Waals surface area contributed by atoms with Gasteiger partial charge in [0.1, 0.15) is 5.78 Å². The lowest BCUT2D eigenvalue weighted by atomic mass is 9.99. The third-order valence-corrected chi connectivity index (χ3v) is 4.48. The molecule has 2 atom stereocenters. The number of carbonyl (C=O) groups is 1. The smallest absolute Gasteiger partial charge is 0.148 e. The molecule has 0 aromatic heterocycles. The SMILES string of the molecule is O=C1CCCC[C@H]1S(=O)c1ccccc1. The Morgan fingerprint density at radius 1 is 1.13 bits per heavy atom. The Balaban J connectivity index is 2.17. The maximum Gasteiger partial charge on any atom is 0.148 e. The number of rotatable bonds is 2. The maximum atomic E-state index is 12.1. The summed E-state index contributed by atoms with van der Waals surface area (Å²) >= 11 is 0. The summed E-state index contributed by atoms with van der Waals surface area (Å²) in [6, 6.07) is 9.28. The van der Waals surface area contributed by atoms with E-state index in [0.29, 0.717) is 6.42 Å². The van der Waals surface area contributed by atoms with Crippen molar-refractivity contribution in [2.75, 3.05) is 0 Å². The zero-order chi connectivity index (χ0) is 10.7. The van der Waals surface area contributed by atoms with Crippen LogP contribution >= 0.6 is 0 Å². The topological polar surface area (TPSA) is 34.1 Å². The minimum Gasteiger partial charge on any atom is -0.298 e. The molecule has 1 unspecified atom stereocenters. The van der Waals surface area contributed by atoms with Crippen molar-refractivity contribution in [2.45, 2.75) is 35.8 Å². The minimum atomic E-state index is -1.15. The summed E-state index contributed by atoms with van der Waals surface area (Å²) in [4.78, 5) is 12.4. The number of ketones is 1. The van der Waals surface area contributed by atoms with E-state index in [2.05, 4.69) is 0 Å². The first-order chi connectivity index (χ1) is 7.29. The Bertz CT molecular complexity index is 372. The molecule has 0 radical (unpaired) electrons. The molecule has 15 heavy (non-hydrogen) atoms. The van der Waals surface area contributed by atoms with Crippen LogP contribution in [0.2, 0.25) is 0 Å². The van der Waals surface area contributed by atoms with Crippen molar-refractivity contribution in [3.63, 3.8) is 0 Å². The summed E-state index contributed by atoms with van der Waals surface area (Å²) in [5.74, 6) is 0.170. The zero-order valence-electron chi connectivity index (χ0n) is 8.52. The maximum absolute atomic E-state index is 12.1. The molecule has 3 heteroatoms. The summed E-state index contributed by atoms with van der Waals surface area (Å²) < 4.78 is 12.1. The molecule has 0 saturated heterocycles. The molecule has 2 nitrogen and oxygen atoms in total. The molecule has 0 N–H and O–H groups in total. The van der Waals surface area contributed by atoms with Gasteiger partial charge in [0.2, 0.25) is 0 Å². The van der Waals surface area contributed by atoms with Crippen LogP contribution in [0.1, 0.15) is 25.7 Å². The van der Waals surface area contributed by atoms with Crippen molar-refractivity contribution < 1.29 is 9.00 Å². The molecular weight excluding hydrogens is 208 g/mol. The van der Waals surface area contributed by atoms with Gasteiger partial charge in [-0.1, -0.05) is 24.6 Å². The molecule has 0 spiro atoms. The van der Waals surface area contributed by atoms with Gasteiger partial charge in [0.05, 0.1) is 16.0 Å². The second-order valence-electron chi connectivity index (χ2n) is 3.81. The van der Waals surface area contributed by atoms with Crippen molar-refractivity contribution in [1.29, 1.82) is 0 Å². The van der Waals surface area contributed by atoms with Gasteiger partial charge in [-0.05, 0) is 25.0 Å². The summed E-state index contributed by atoms with van der Waals surface area (Å²) in [6.45, 7) is 0. The van der Waals surface area contributed by atoms with Gasteiger partial charge in [-0.2, -0.15) is 0 Å². The molecule has 1 aliphatic carbocycles. The summed E-state index contributed by atoms with van der Waals surface area (Å²) in [5, 5.41) is -0.263. The number of hydrogen-bond donors (Lipinski definition) is 0. The molecule has 0 amide bonds. The Kier molecular flexibility index (Phi) is 3.31. The van der Waals surface area contributed by atoms with Gasteiger partial charge in [-0.25, -0.2) is 0 Å². The number of hydrogen-bond acceptors (Lipinski definition) is 2. The standard InChI is InChI=1S/C12H14O2S/c13-11-8-4-5-9-12(11)15(14)10-6-2-1-3-7-10/h1-3,6-7,12H,4-5,8-9H2/t12-,15?/m1/s1. The third-order valence-electron chi connectivity index (χ3n) is 2.73. The second kappa shape index (κ2) is 4.71. The van der Waals surface area contributed by atoms with Gasteiger partial charge in [0, 0.05) is 11.3 Å². The quantitative estimate of drug-likeness (QED) is 0.769. The number of carbonyl (C=O) groups excluding carboxylic acids is 1. The lowest BCUT2D eigenvalue weighted by Gasteiger charge is -2.19. The average Bonchev–Trinajstić information content (AvgIpc) is 2.30. The predicted octanol–water partition coefficient (Wildman–Crippen LogP) is 2.31. The van der Waals surface area contributed by atoms with Crippen molar-refractivity contribution in [1.82, 2.24) is 0 Å². The van der Waals surface area contributed by atoms with Crippen LogP contribution < -0.4 is 0 Å². The third kappa shape index (κ3) is 2.34. The van der Waals surface area contributed by atoms with Crippen LogP contribution in [-0.4, -0.2) is 15.2 Å². The van der Waals surface area contributed by atoms with E-state index in [1.54, 1.807) is 0 Å². The van der Waals surface area contributed by atoms with Crippen LogP contribution in [0.3, 0.4) is 0 Å². The van der Waals surface area contributed by atoms with Gasteiger partial charge in [0.15, 0.2) is 0 Å². The van der Waals surface area contributed by atoms with Crippen LogP contribution in [0.5, 0.6) is 0 Å². The Morgan fingerprint density at radius 2 is 1.87 bits per heavy atom. The molecule has 0 bridgehead atoms. The van der Waals surface area contributed by atoms with E-state index in [-0.39, 0.29) is 11.0 Å². The molecular formula is C12H14O2S. The summed E-state index contributed by atoms with van der Waals surface area (Å²) in [5.41, 5.74) is 0. The molecule has 1 fully saturated rings. The monoisotopic (exact) mass is 222 g/mol. The van der Waals surface area contributed by atoms with E-state index >= 15 is 0 Å².